The highest BCUT2D eigenvalue weighted by Crippen LogP contribution is 2.27. The van der Waals surface area contributed by atoms with Gasteiger partial charge in [0.05, 0.1) is 16.7 Å². The molecule has 0 aliphatic carbocycles. The SMILES string of the molecule is CC[C@@H](C)c1ccccc1NC(=O)COc1ccc(C#N)cc1Cl. The molecular formula is C19H19ClN2O2. The summed E-state index contributed by atoms with van der Waals surface area (Å²) in [6, 6.07) is 14.4. The first-order valence-corrected chi connectivity index (χ1v) is 8.14. The zero-order valence-electron chi connectivity index (χ0n) is 13.7. The monoisotopic (exact) mass is 342 g/mol. The molecule has 124 valence electrons. The fraction of sp³-hybridized carbons (Fsp3) is 0.263. The summed E-state index contributed by atoms with van der Waals surface area (Å²) in [6.07, 6.45) is 0.990. The smallest absolute Gasteiger partial charge is 0.262 e. The van der Waals surface area contributed by atoms with Crippen LogP contribution in [0.2, 0.25) is 5.02 Å². The summed E-state index contributed by atoms with van der Waals surface area (Å²) in [4.78, 5) is 12.2. The van der Waals surface area contributed by atoms with Crippen LogP contribution >= 0.6 is 11.6 Å². The maximum Gasteiger partial charge on any atom is 0.262 e. The van der Waals surface area contributed by atoms with Crippen LogP contribution in [0.15, 0.2) is 42.5 Å². The van der Waals surface area contributed by atoms with Gasteiger partial charge in [-0.05, 0) is 42.2 Å². The molecule has 0 aliphatic heterocycles. The van der Waals surface area contributed by atoms with Crippen LogP contribution in [-0.2, 0) is 4.79 Å². The predicted molar refractivity (Wildman–Crippen MR) is 95.4 cm³/mol. The maximum absolute atomic E-state index is 12.2. The summed E-state index contributed by atoms with van der Waals surface area (Å²) >= 11 is 6.03. The Bertz CT molecular complexity index is 768. The van der Waals surface area contributed by atoms with Gasteiger partial charge >= 0.3 is 0 Å². The molecule has 2 rings (SSSR count). The topological polar surface area (TPSA) is 62.1 Å². The van der Waals surface area contributed by atoms with E-state index in [1.807, 2.05) is 30.3 Å². The van der Waals surface area contributed by atoms with Crippen LogP contribution in [-0.4, -0.2) is 12.5 Å². The van der Waals surface area contributed by atoms with Gasteiger partial charge < -0.3 is 10.1 Å². The average Bonchev–Trinajstić information content (AvgIpc) is 2.60. The van der Waals surface area contributed by atoms with Crippen molar-refractivity contribution in [3.63, 3.8) is 0 Å². The van der Waals surface area contributed by atoms with Crippen molar-refractivity contribution in [3.05, 3.63) is 58.6 Å². The minimum Gasteiger partial charge on any atom is -0.482 e. The highest BCUT2D eigenvalue weighted by atomic mass is 35.5. The second-order valence-corrected chi connectivity index (χ2v) is 5.90. The molecule has 2 aromatic rings. The molecule has 0 saturated heterocycles. The number of ether oxygens (including phenoxy) is 1. The molecule has 0 unspecified atom stereocenters. The third-order valence-corrected chi connectivity index (χ3v) is 4.09. The van der Waals surface area contributed by atoms with Crippen LogP contribution in [0.5, 0.6) is 5.75 Å². The van der Waals surface area contributed by atoms with Gasteiger partial charge in [0, 0.05) is 5.69 Å². The number of halogens is 1. The summed E-state index contributed by atoms with van der Waals surface area (Å²) in [7, 11) is 0. The number of benzene rings is 2. The lowest BCUT2D eigenvalue weighted by Crippen LogP contribution is -2.21. The molecule has 1 N–H and O–H groups in total. The number of carbonyl (C=O) groups excluding carboxylic acids is 1. The minimum absolute atomic E-state index is 0.152. The van der Waals surface area contributed by atoms with Crippen LogP contribution < -0.4 is 10.1 Å². The Morgan fingerprint density at radius 3 is 2.75 bits per heavy atom. The van der Waals surface area contributed by atoms with Gasteiger partial charge in [-0.3, -0.25) is 4.79 Å². The van der Waals surface area contributed by atoms with Crippen molar-refractivity contribution >= 4 is 23.2 Å². The Balaban J connectivity index is 2.01. The second kappa shape index (κ2) is 8.37. The van der Waals surface area contributed by atoms with Crippen molar-refractivity contribution in [2.45, 2.75) is 26.2 Å². The molecule has 0 radical (unpaired) electrons. The van der Waals surface area contributed by atoms with Crippen molar-refractivity contribution in [3.8, 4) is 11.8 Å². The van der Waals surface area contributed by atoms with E-state index < -0.39 is 0 Å². The number of hydrogen-bond acceptors (Lipinski definition) is 3. The zero-order chi connectivity index (χ0) is 17.5. The molecule has 24 heavy (non-hydrogen) atoms. The van der Waals surface area contributed by atoms with Crippen molar-refractivity contribution in [2.75, 3.05) is 11.9 Å². The third kappa shape index (κ3) is 4.50. The van der Waals surface area contributed by atoms with Gasteiger partial charge in [-0.1, -0.05) is 43.6 Å². The molecule has 0 aliphatic rings. The molecule has 0 heterocycles. The Morgan fingerprint density at radius 1 is 1.33 bits per heavy atom. The summed E-state index contributed by atoms with van der Waals surface area (Å²) in [5, 5.41) is 12.0. The lowest BCUT2D eigenvalue weighted by molar-refractivity contribution is -0.118. The second-order valence-electron chi connectivity index (χ2n) is 5.49. The summed E-state index contributed by atoms with van der Waals surface area (Å²) in [5.74, 6) is 0.475. The van der Waals surface area contributed by atoms with E-state index in [0.717, 1.165) is 17.7 Å². The maximum atomic E-state index is 12.2. The first-order valence-electron chi connectivity index (χ1n) is 7.76. The number of rotatable bonds is 6. The van der Waals surface area contributed by atoms with E-state index in [-0.39, 0.29) is 12.5 Å². The lowest BCUT2D eigenvalue weighted by atomic mass is 9.97. The number of carbonyl (C=O) groups is 1. The van der Waals surface area contributed by atoms with Gasteiger partial charge in [0.25, 0.3) is 5.91 Å². The van der Waals surface area contributed by atoms with Crippen LogP contribution in [0.3, 0.4) is 0 Å². The van der Waals surface area contributed by atoms with E-state index in [9.17, 15) is 4.79 Å². The quantitative estimate of drug-likeness (QED) is 0.824. The highest BCUT2D eigenvalue weighted by Gasteiger charge is 2.12. The molecule has 0 bridgehead atoms. The van der Waals surface area contributed by atoms with E-state index in [0.29, 0.717) is 22.3 Å². The van der Waals surface area contributed by atoms with Gasteiger partial charge in [-0.15, -0.1) is 0 Å². The molecule has 0 aromatic heterocycles. The van der Waals surface area contributed by atoms with E-state index in [1.165, 1.54) is 6.07 Å². The van der Waals surface area contributed by atoms with Crippen LogP contribution in [0.25, 0.3) is 0 Å². The largest absolute Gasteiger partial charge is 0.482 e. The summed E-state index contributed by atoms with van der Waals surface area (Å²) < 4.78 is 5.44. The van der Waals surface area contributed by atoms with Crippen molar-refractivity contribution in [1.82, 2.24) is 0 Å². The first-order chi connectivity index (χ1) is 11.5. The molecule has 0 spiro atoms. The number of nitriles is 1. The molecule has 0 fully saturated rings. The van der Waals surface area contributed by atoms with Gasteiger partial charge in [0.1, 0.15) is 5.75 Å². The van der Waals surface area contributed by atoms with Crippen molar-refractivity contribution < 1.29 is 9.53 Å². The predicted octanol–water partition coefficient (Wildman–Crippen LogP) is 4.74. The van der Waals surface area contributed by atoms with Gasteiger partial charge in [0.2, 0.25) is 0 Å². The fourth-order valence-corrected chi connectivity index (χ4v) is 2.51. The summed E-state index contributed by atoms with van der Waals surface area (Å²) in [6.45, 7) is 4.08. The van der Waals surface area contributed by atoms with E-state index in [1.54, 1.807) is 12.1 Å². The molecule has 1 atom stereocenters. The first kappa shape index (κ1) is 17.8. The average molecular weight is 343 g/mol. The number of amides is 1. The van der Waals surface area contributed by atoms with E-state index in [2.05, 4.69) is 19.2 Å². The van der Waals surface area contributed by atoms with Crippen LogP contribution in [0, 0.1) is 11.3 Å². The summed E-state index contributed by atoms with van der Waals surface area (Å²) in [5.41, 5.74) is 2.34. The minimum atomic E-state index is -0.258. The Hall–Kier alpha value is -2.51. The highest BCUT2D eigenvalue weighted by molar-refractivity contribution is 6.32. The van der Waals surface area contributed by atoms with Crippen LogP contribution in [0.4, 0.5) is 5.69 Å². The Kier molecular flexibility index (Phi) is 6.22. The van der Waals surface area contributed by atoms with E-state index >= 15 is 0 Å². The zero-order valence-corrected chi connectivity index (χ0v) is 14.4. The lowest BCUT2D eigenvalue weighted by Gasteiger charge is -2.16. The number of para-hydroxylation sites is 1. The van der Waals surface area contributed by atoms with Crippen molar-refractivity contribution in [1.29, 1.82) is 5.26 Å². The Morgan fingerprint density at radius 2 is 2.08 bits per heavy atom. The van der Waals surface area contributed by atoms with Gasteiger partial charge in [0.15, 0.2) is 6.61 Å². The normalized spacial score (nSPS) is 11.4. The number of hydrogen-bond donors (Lipinski definition) is 1. The van der Waals surface area contributed by atoms with Gasteiger partial charge in [-0.25, -0.2) is 0 Å². The molecule has 1 amide bonds. The fourth-order valence-electron chi connectivity index (χ4n) is 2.28. The number of nitrogens with one attached hydrogen (secondary N) is 1. The number of nitrogens with zero attached hydrogens (tertiary/aromatic N) is 1. The molecule has 2 aromatic carbocycles. The Labute approximate surface area is 147 Å². The van der Waals surface area contributed by atoms with Crippen molar-refractivity contribution in [2.24, 2.45) is 0 Å². The van der Waals surface area contributed by atoms with Crippen LogP contribution in [0.1, 0.15) is 37.3 Å². The molecule has 5 heteroatoms. The van der Waals surface area contributed by atoms with E-state index in [4.69, 9.17) is 21.6 Å². The molecular weight excluding hydrogens is 324 g/mol. The molecule has 4 nitrogen and oxygen atoms in total. The number of anilines is 1. The third-order valence-electron chi connectivity index (χ3n) is 3.80. The van der Waals surface area contributed by atoms with Gasteiger partial charge in [-0.2, -0.15) is 5.26 Å². The standard InChI is InChI=1S/C19H19ClN2O2/c1-3-13(2)15-6-4-5-7-17(15)22-19(23)12-24-18-9-8-14(11-21)10-16(18)20/h4-10,13H,3,12H2,1-2H3,(H,22,23)/t13-/m1/s1. The molecule has 0 saturated carbocycles.